The van der Waals surface area contributed by atoms with E-state index in [1.165, 1.54) is 6.07 Å². The Hall–Kier alpha value is -2.24. The van der Waals surface area contributed by atoms with Gasteiger partial charge in [0.25, 0.3) is 5.91 Å². The van der Waals surface area contributed by atoms with Gasteiger partial charge in [-0.2, -0.15) is 0 Å². The zero-order chi connectivity index (χ0) is 13.1. The summed E-state index contributed by atoms with van der Waals surface area (Å²) in [6.07, 6.45) is 0.606. The van der Waals surface area contributed by atoms with Gasteiger partial charge in [-0.3, -0.25) is 4.79 Å². The molecule has 0 saturated carbocycles. The lowest BCUT2D eigenvalue weighted by Gasteiger charge is -2.02. The van der Waals surface area contributed by atoms with Crippen molar-refractivity contribution in [2.45, 2.75) is 13.3 Å². The third kappa shape index (κ3) is 2.71. The van der Waals surface area contributed by atoms with E-state index in [-0.39, 0.29) is 11.4 Å². The van der Waals surface area contributed by atoms with Crippen molar-refractivity contribution in [3.63, 3.8) is 0 Å². The average Bonchev–Trinajstić information content (AvgIpc) is 2.75. The van der Waals surface area contributed by atoms with Gasteiger partial charge in [0.15, 0.2) is 5.69 Å². The molecule has 0 spiro atoms. The molecule has 4 nitrogen and oxygen atoms in total. The number of aromatic nitrogens is 1. The van der Waals surface area contributed by atoms with Crippen molar-refractivity contribution in [3.8, 4) is 0 Å². The number of nitrogens with one attached hydrogen (secondary N) is 1. The molecule has 0 atom stereocenters. The Kier molecular flexibility index (Phi) is 3.36. The van der Waals surface area contributed by atoms with E-state index in [0.717, 1.165) is 18.2 Å². The van der Waals surface area contributed by atoms with Crippen LogP contribution in [0.4, 0.5) is 14.5 Å². The summed E-state index contributed by atoms with van der Waals surface area (Å²) in [7, 11) is 0. The Morgan fingerprint density at radius 1 is 1.28 bits per heavy atom. The van der Waals surface area contributed by atoms with Gasteiger partial charge >= 0.3 is 0 Å². The van der Waals surface area contributed by atoms with Crippen LogP contribution >= 0.6 is 0 Å². The lowest BCUT2D eigenvalue weighted by atomic mass is 10.2. The van der Waals surface area contributed by atoms with Gasteiger partial charge in [-0.15, -0.1) is 0 Å². The smallest absolute Gasteiger partial charge is 0.277 e. The molecule has 0 saturated heterocycles. The summed E-state index contributed by atoms with van der Waals surface area (Å²) >= 11 is 0. The lowest BCUT2D eigenvalue weighted by molar-refractivity contribution is 0.101. The monoisotopic (exact) mass is 252 g/mol. The fraction of sp³-hybridized carbons (Fsp3) is 0.167. The van der Waals surface area contributed by atoms with Crippen LogP contribution in [0.2, 0.25) is 0 Å². The Labute approximate surface area is 102 Å². The van der Waals surface area contributed by atoms with Gasteiger partial charge in [-0.1, -0.05) is 12.1 Å². The van der Waals surface area contributed by atoms with Crippen molar-refractivity contribution < 1.29 is 18.1 Å². The Balaban J connectivity index is 2.15. The predicted molar refractivity (Wildman–Crippen MR) is 60.2 cm³/mol. The standard InChI is InChI=1S/C12H10F2N2O2/c1-2-10-6-11(16-18-10)12(17)15-9-4-7(13)3-8(14)5-9/h3-6H,2H2,1H3,(H,15,17). The van der Waals surface area contributed by atoms with E-state index in [1.807, 2.05) is 6.92 Å². The highest BCUT2D eigenvalue weighted by molar-refractivity contribution is 6.02. The molecule has 2 aromatic rings. The van der Waals surface area contributed by atoms with E-state index in [9.17, 15) is 13.6 Å². The average molecular weight is 252 g/mol. The molecule has 94 valence electrons. The second-order valence-electron chi connectivity index (χ2n) is 3.64. The van der Waals surface area contributed by atoms with Crippen LogP contribution in [0.1, 0.15) is 23.2 Å². The van der Waals surface area contributed by atoms with Crippen molar-refractivity contribution >= 4 is 11.6 Å². The van der Waals surface area contributed by atoms with Crippen molar-refractivity contribution in [2.75, 3.05) is 5.32 Å². The van der Waals surface area contributed by atoms with Crippen molar-refractivity contribution in [3.05, 3.63) is 47.4 Å². The molecule has 0 fully saturated rings. The van der Waals surface area contributed by atoms with Crippen molar-refractivity contribution in [1.29, 1.82) is 0 Å². The molecule has 1 amide bonds. The zero-order valence-electron chi connectivity index (χ0n) is 9.54. The molecule has 1 heterocycles. The topological polar surface area (TPSA) is 55.1 Å². The number of hydrogen-bond acceptors (Lipinski definition) is 3. The van der Waals surface area contributed by atoms with Crippen LogP contribution in [0.15, 0.2) is 28.8 Å². The van der Waals surface area contributed by atoms with E-state index < -0.39 is 17.5 Å². The zero-order valence-corrected chi connectivity index (χ0v) is 9.54. The number of nitrogens with zero attached hydrogens (tertiary/aromatic N) is 1. The number of halogens is 2. The molecule has 1 aromatic heterocycles. The maximum atomic E-state index is 12.9. The number of carbonyl (C=O) groups is 1. The summed E-state index contributed by atoms with van der Waals surface area (Å²) in [5.74, 6) is -1.55. The highest BCUT2D eigenvalue weighted by Gasteiger charge is 2.12. The van der Waals surface area contributed by atoms with E-state index in [0.29, 0.717) is 12.2 Å². The highest BCUT2D eigenvalue weighted by atomic mass is 19.1. The number of hydrogen-bond donors (Lipinski definition) is 1. The maximum Gasteiger partial charge on any atom is 0.277 e. The summed E-state index contributed by atoms with van der Waals surface area (Å²) in [6.45, 7) is 1.85. The molecule has 0 aliphatic heterocycles. The fourth-order valence-electron chi connectivity index (χ4n) is 1.41. The minimum absolute atomic E-state index is 0.0264. The molecule has 6 heteroatoms. The molecular formula is C12H10F2N2O2. The lowest BCUT2D eigenvalue weighted by Crippen LogP contribution is -2.12. The molecule has 0 bridgehead atoms. The van der Waals surface area contributed by atoms with Crippen molar-refractivity contribution in [1.82, 2.24) is 5.16 Å². The Morgan fingerprint density at radius 2 is 1.94 bits per heavy atom. The molecule has 1 N–H and O–H groups in total. The summed E-state index contributed by atoms with van der Waals surface area (Å²) in [6, 6.07) is 4.23. The molecule has 1 aromatic carbocycles. The Bertz CT molecular complexity index is 561. The molecule has 0 aliphatic carbocycles. The third-order valence-corrected chi connectivity index (χ3v) is 2.26. The van der Waals surface area contributed by atoms with E-state index in [1.54, 1.807) is 0 Å². The minimum atomic E-state index is -0.764. The maximum absolute atomic E-state index is 12.9. The van der Waals surface area contributed by atoms with Crippen LogP contribution < -0.4 is 5.32 Å². The van der Waals surface area contributed by atoms with Crippen molar-refractivity contribution in [2.24, 2.45) is 0 Å². The molecule has 0 aliphatic rings. The van der Waals surface area contributed by atoms with Crippen LogP contribution in [0.3, 0.4) is 0 Å². The van der Waals surface area contributed by atoms with Gasteiger partial charge in [0.05, 0.1) is 0 Å². The number of benzene rings is 1. The molecular weight excluding hydrogens is 242 g/mol. The second-order valence-corrected chi connectivity index (χ2v) is 3.64. The summed E-state index contributed by atoms with van der Waals surface area (Å²) in [5.41, 5.74) is 0.0927. The number of anilines is 1. The summed E-state index contributed by atoms with van der Waals surface area (Å²) in [5, 5.41) is 5.89. The molecule has 2 rings (SSSR count). The number of rotatable bonds is 3. The van der Waals surface area contributed by atoms with Crippen LogP contribution in [0.25, 0.3) is 0 Å². The largest absolute Gasteiger partial charge is 0.361 e. The normalized spacial score (nSPS) is 10.4. The first-order valence-corrected chi connectivity index (χ1v) is 5.31. The first-order chi connectivity index (χ1) is 8.58. The van der Waals surface area contributed by atoms with Crippen LogP contribution in [0, 0.1) is 11.6 Å². The first-order valence-electron chi connectivity index (χ1n) is 5.31. The van der Waals surface area contributed by atoms with Gasteiger partial charge in [0, 0.05) is 24.2 Å². The summed E-state index contributed by atoms with van der Waals surface area (Å²) in [4.78, 5) is 11.7. The predicted octanol–water partition coefficient (Wildman–Crippen LogP) is 2.77. The molecule has 0 unspecified atom stereocenters. The number of aryl methyl sites for hydroxylation is 1. The van der Waals surface area contributed by atoms with E-state index in [2.05, 4.69) is 10.5 Å². The molecule has 0 radical (unpaired) electrons. The van der Waals surface area contributed by atoms with Crippen LogP contribution in [-0.2, 0) is 6.42 Å². The van der Waals surface area contributed by atoms with Gasteiger partial charge in [-0.25, -0.2) is 8.78 Å². The third-order valence-electron chi connectivity index (χ3n) is 2.26. The van der Waals surface area contributed by atoms with Gasteiger partial charge in [0.1, 0.15) is 17.4 Å². The van der Waals surface area contributed by atoms with Gasteiger partial charge < -0.3 is 9.84 Å². The summed E-state index contributed by atoms with van der Waals surface area (Å²) < 4.78 is 30.7. The minimum Gasteiger partial charge on any atom is -0.361 e. The van der Waals surface area contributed by atoms with Crippen LogP contribution in [0.5, 0.6) is 0 Å². The Morgan fingerprint density at radius 3 is 2.50 bits per heavy atom. The van der Waals surface area contributed by atoms with Gasteiger partial charge in [-0.05, 0) is 12.1 Å². The van der Waals surface area contributed by atoms with Crippen LogP contribution in [-0.4, -0.2) is 11.1 Å². The van der Waals surface area contributed by atoms with E-state index >= 15 is 0 Å². The quantitative estimate of drug-likeness (QED) is 0.913. The highest BCUT2D eigenvalue weighted by Crippen LogP contribution is 2.14. The number of carbonyl (C=O) groups excluding carboxylic acids is 1. The molecule has 18 heavy (non-hydrogen) atoms. The first kappa shape index (κ1) is 12.2. The SMILES string of the molecule is CCc1cc(C(=O)Nc2cc(F)cc(F)c2)no1. The van der Waals surface area contributed by atoms with E-state index in [4.69, 9.17) is 4.52 Å². The second kappa shape index (κ2) is 4.95. The van der Waals surface area contributed by atoms with Gasteiger partial charge in [0.2, 0.25) is 0 Å². The fourth-order valence-corrected chi connectivity index (χ4v) is 1.41. The number of amides is 1.